The van der Waals surface area contributed by atoms with Crippen LogP contribution in [-0.4, -0.2) is 60.0 Å². The lowest BCUT2D eigenvalue weighted by Crippen LogP contribution is -2.57. The molecular weight excluding hydrogens is 430 g/mol. The normalized spacial score (nSPS) is 15.7. The van der Waals surface area contributed by atoms with E-state index in [4.69, 9.17) is 9.47 Å². The van der Waals surface area contributed by atoms with Crippen molar-refractivity contribution in [3.8, 4) is 5.75 Å². The topological polar surface area (TPSA) is 128 Å². The van der Waals surface area contributed by atoms with Crippen LogP contribution in [0, 0.1) is 10.1 Å². The summed E-state index contributed by atoms with van der Waals surface area (Å²) < 4.78 is 10.6. The van der Waals surface area contributed by atoms with Gasteiger partial charge in [-0.25, -0.2) is 0 Å². The third-order valence-electron chi connectivity index (χ3n) is 4.85. The number of nitrogens with one attached hydrogen (secondary N) is 1. The summed E-state index contributed by atoms with van der Waals surface area (Å²) in [7, 11) is 0. The van der Waals surface area contributed by atoms with E-state index in [1.165, 1.54) is 41.3 Å². The highest BCUT2D eigenvalue weighted by molar-refractivity contribution is 5.97. The Kier molecular flexibility index (Phi) is 8.12. The molecule has 172 valence electrons. The van der Waals surface area contributed by atoms with Crippen molar-refractivity contribution in [3.63, 3.8) is 0 Å². The summed E-state index contributed by atoms with van der Waals surface area (Å²) in [6, 6.07) is 13.8. The largest absolute Gasteiger partial charge is 0.490 e. The number of carbonyl (C=O) groups is 3. The number of ether oxygens (including phenoxy) is 2. The number of rotatable bonds is 9. The van der Waals surface area contributed by atoms with Gasteiger partial charge in [-0.15, -0.1) is 0 Å². The maximum absolute atomic E-state index is 12.7. The maximum Gasteiger partial charge on any atom is 0.308 e. The van der Waals surface area contributed by atoms with Gasteiger partial charge in [0.2, 0.25) is 11.8 Å². The Morgan fingerprint density at radius 1 is 1.12 bits per heavy atom. The number of nitrogens with zero attached hydrogens (tertiary/aromatic N) is 2. The molecule has 1 fully saturated rings. The summed E-state index contributed by atoms with van der Waals surface area (Å²) in [4.78, 5) is 48.8. The fourth-order valence-corrected chi connectivity index (χ4v) is 3.20. The molecule has 0 radical (unpaired) electrons. The number of amides is 2. The molecule has 1 unspecified atom stereocenters. The molecule has 2 aromatic rings. The molecule has 1 N–H and O–H groups in total. The predicted molar refractivity (Wildman–Crippen MR) is 118 cm³/mol. The summed E-state index contributed by atoms with van der Waals surface area (Å²) in [5.41, 5.74) is 0.531. The average Bonchev–Trinajstić information content (AvgIpc) is 2.82. The summed E-state index contributed by atoms with van der Waals surface area (Å²) in [5.74, 6) is -0.855. The SMILES string of the molecule is O=C(CC1C(=O)NCCN1C(=O)/C=C/c1ccc([N+](=O)[O-])cc1)OCCOc1ccccc1. The number of carbonyl (C=O) groups excluding carboxylic acids is 3. The van der Waals surface area contributed by atoms with Crippen molar-refractivity contribution in [3.05, 3.63) is 76.4 Å². The van der Waals surface area contributed by atoms with E-state index in [1.54, 1.807) is 12.1 Å². The predicted octanol–water partition coefficient (Wildman–Crippen LogP) is 1.95. The minimum Gasteiger partial charge on any atom is -0.490 e. The molecule has 0 aliphatic carbocycles. The van der Waals surface area contributed by atoms with Crippen molar-refractivity contribution in [2.45, 2.75) is 12.5 Å². The first-order valence-corrected chi connectivity index (χ1v) is 10.3. The third kappa shape index (κ3) is 6.89. The van der Waals surface area contributed by atoms with Gasteiger partial charge in [-0.3, -0.25) is 24.5 Å². The van der Waals surface area contributed by atoms with Crippen LogP contribution in [-0.2, 0) is 19.1 Å². The van der Waals surface area contributed by atoms with Crippen molar-refractivity contribution in [2.24, 2.45) is 0 Å². The highest BCUT2D eigenvalue weighted by atomic mass is 16.6. The van der Waals surface area contributed by atoms with Gasteiger partial charge >= 0.3 is 5.97 Å². The van der Waals surface area contributed by atoms with E-state index >= 15 is 0 Å². The molecule has 1 atom stereocenters. The van der Waals surface area contributed by atoms with Crippen LogP contribution < -0.4 is 10.1 Å². The zero-order valence-corrected chi connectivity index (χ0v) is 17.7. The minimum atomic E-state index is -0.990. The molecule has 10 heteroatoms. The van der Waals surface area contributed by atoms with Crippen molar-refractivity contribution in [2.75, 3.05) is 26.3 Å². The number of hydrogen-bond acceptors (Lipinski definition) is 7. The van der Waals surface area contributed by atoms with E-state index < -0.39 is 28.7 Å². The van der Waals surface area contributed by atoms with Crippen LogP contribution >= 0.6 is 0 Å². The van der Waals surface area contributed by atoms with Crippen molar-refractivity contribution in [1.82, 2.24) is 10.2 Å². The number of nitro benzene ring substituents is 1. The second kappa shape index (κ2) is 11.4. The molecule has 2 amide bonds. The standard InChI is InChI=1S/C23H23N3O7/c27-21(11-8-17-6-9-18(10-7-17)26(30)31)25-13-12-24-23(29)20(25)16-22(28)33-15-14-32-19-4-2-1-3-5-19/h1-11,20H,12-16H2,(H,24,29)/b11-8+. The Hall–Kier alpha value is -4.21. The summed E-state index contributed by atoms with van der Waals surface area (Å²) >= 11 is 0. The number of benzene rings is 2. The van der Waals surface area contributed by atoms with Gasteiger partial charge in [0.25, 0.3) is 5.69 Å². The second-order valence-corrected chi connectivity index (χ2v) is 7.11. The van der Waals surface area contributed by atoms with E-state index in [0.717, 1.165) is 0 Å². The lowest BCUT2D eigenvalue weighted by molar-refractivity contribution is -0.384. The molecule has 1 heterocycles. The van der Waals surface area contributed by atoms with Crippen LogP contribution in [0.4, 0.5) is 5.69 Å². The number of non-ortho nitro benzene ring substituents is 1. The monoisotopic (exact) mass is 453 g/mol. The highest BCUT2D eigenvalue weighted by Gasteiger charge is 2.34. The molecule has 0 aromatic heterocycles. The summed E-state index contributed by atoms with van der Waals surface area (Å²) in [5, 5.41) is 13.4. The van der Waals surface area contributed by atoms with Crippen molar-refractivity contribution >= 4 is 29.5 Å². The molecule has 1 saturated heterocycles. The Morgan fingerprint density at radius 3 is 2.55 bits per heavy atom. The molecule has 3 rings (SSSR count). The third-order valence-corrected chi connectivity index (χ3v) is 4.85. The minimum absolute atomic E-state index is 0.00998. The Morgan fingerprint density at radius 2 is 1.85 bits per heavy atom. The van der Waals surface area contributed by atoms with E-state index in [0.29, 0.717) is 11.3 Å². The Labute approximate surface area is 189 Å². The lowest BCUT2D eigenvalue weighted by Gasteiger charge is -2.33. The van der Waals surface area contributed by atoms with Gasteiger partial charge in [0.1, 0.15) is 25.0 Å². The molecular formula is C23H23N3O7. The van der Waals surface area contributed by atoms with Gasteiger partial charge in [0.05, 0.1) is 11.3 Å². The van der Waals surface area contributed by atoms with Crippen LogP contribution in [0.3, 0.4) is 0 Å². The second-order valence-electron chi connectivity index (χ2n) is 7.11. The van der Waals surface area contributed by atoms with Crippen molar-refractivity contribution < 1.29 is 28.8 Å². The quantitative estimate of drug-likeness (QED) is 0.202. The van der Waals surface area contributed by atoms with Gasteiger partial charge in [0, 0.05) is 31.3 Å². The molecule has 1 aliphatic rings. The van der Waals surface area contributed by atoms with Gasteiger partial charge in [-0.2, -0.15) is 0 Å². The molecule has 1 aliphatic heterocycles. The van der Waals surface area contributed by atoms with E-state index in [9.17, 15) is 24.5 Å². The van der Waals surface area contributed by atoms with E-state index in [2.05, 4.69) is 5.32 Å². The number of nitro groups is 1. The Bertz CT molecular complexity index is 1020. The Balaban J connectivity index is 1.53. The molecule has 0 spiro atoms. The zero-order chi connectivity index (χ0) is 23.6. The van der Waals surface area contributed by atoms with Gasteiger partial charge in [-0.1, -0.05) is 18.2 Å². The first-order valence-electron chi connectivity index (χ1n) is 10.3. The van der Waals surface area contributed by atoms with Gasteiger partial charge in [-0.05, 0) is 35.9 Å². The fraction of sp³-hybridized carbons (Fsp3) is 0.261. The van der Waals surface area contributed by atoms with Gasteiger partial charge in [0.15, 0.2) is 0 Å². The molecule has 0 bridgehead atoms. The number of esters is 1. The first-order chi connectivity index (χ1) is 15.9. The van der Waals surface area contributed by atoms with Crippen LogP contribution in [0.15, 0.2) is 60.7 Å². The first kappa shape index (κ1) is 23.5. The number of para-hydroxylation sites is 1. The highest BCUT2D eigenvalue weighted by Crippen LogP contribution is 2.15. The fourth-order valence-electron chi connectivity index (χ4n) is 3.20. The molecule has 0 saturated carbocycles. The van der Waals surface area contributed by atoms with Crippen molar-refractivity contribution in [1.29, 1.82) is 0 Å². The van der Waals surface area contributed by atoms with Crippen LogP contribution in [0.2, 0.25) is 0 Å². The molecule has 2 aromatic carbocycles. The maximum atomic E-state index is 12.7. The zero-order valence-electron chi connectivity index (χ0n) is 17.7. The summed E-state index contributed by atoms with van der Waals surface area (Å²) in [6.07, 6.45) is 2.48. The lowest BCUT2D eigenvalue weighted by atomic mass is 10.1. The summed E-state index contributed by atoms with van der Waals surface area (Å²) in [6.45, 7) is 0.681. The molecule has 33 heavy (non-hydrogen) atoms. The molecule has 10 nitrogen and oxygen atoms in total. The smallest absolute Gasteiger partial charge is 0.308 e. The number of piperazine rings is 1. The van der Waals surface area contributed by atoms with Crippen LogP contribution in [0.5, 0.6) is 5.75 Å². The number of hydrogen-bond donors (Lipinski definition) is 1. The van der Waals surface area contributed by atoms with Crippen LogP contribution in [0.1, 0.15) is 12.0 Å². The van der Waals surface area contributed by atoms with E-state index in [-0.39, 0.29) is 38.4 Å². The van der Waals surface area contributed by atoms with E-state index in [1.807, 2.05) is 18.2 Å². The van der Waals surface area contributed by atoms with Gasteiger partial charge < -0.3 is 19.7 Å². The van der Waals surface area contributed by atoms with Crippen LogP contribution in [0.25, 0.3) is 6.08 Å². The average molecular weight is 453 g/mol.